The Hall–Kier alpha value is -1.34. The number of carboxylic acid groups (broad SMARTS) is 1. The third-order valence-corrected chi connectivity index (χ3v) is 3.14. The number of carbonyl (C=O) groups excluding carboxylic acids is 1. The molecule has 2 N–H and O–H groups in total. The minimum absolute atomic E-state index is 0.131. The van der Waals surface area contributed by atoms with Gasteiger partial charge in [0.25, 0.3) is 0 Å². The Bertz CT molecular complexity index is 348. The number of morpholine rings is 1. The van der Waals surface area contributed by atoms with Crippen molar-refractivity contribution in [2.75, 3.05) is 32.8 Å². The number of hydrogen-bond acceptors (Lipinski definition) is 4. The van der Waals surface area contributed by atoms with Crippen molar-refractivity contribution in [2.45, 2.75) is 32.9 Å². The summed E-state index contributed by atoms with van der Waals surface area (Å²) in [6, 6.07) is -0.441. The molecule has 2 atom stereocenters. The van der Waals surface area contributed by atoms with E-state index in [1.165, 1.54) is 4.90 Å². The Balaban J connectivity index is 2.77. The summed E-state index contributed by atoms with van der Waals surface area (Å²) in [5.74, 6) is -0.845. The van der Waals surface area contributed by atoms with Crippen LogP contribution < -0.4 is 0 Å². The highest BCUT2D eigenvalue weighted by Gasteiger charge is 2.32. The van der Waals surface area contributed by atoms with Crippen molar-refractivity contribution in [3.63, 3.8) is 0 Å². The van der Waals surface area contributed by atoms with Crippen molar-refractivity contribution in [2.24, 2.45) is 5.92 Å². The van der Waals surface area contributed by atoms with E-state index in [9.17, 15) is 9.59 Å². The molecule has 0 radical (unpaired) electrons. The summed E-state index contributed by atoms with van der Waals surface area (Å²) in [7, 11) is 0. The average molecular weight is 288 g/mol. The lowest BCUT2D eigenvalue weighted by Crippen LogP contribution is -2.57. The largest absolute Gasteiger partial charge is 0.480 e. The predicted octanol–water partition coefficient (Wildman–Crippen LogP) is 0.231. The van der Waals surface area contributed by atoms with Crippen LogP contribution in [0.4, 0.5) is 4.79 Å². The fourth-order valence-corrected chi connectivity index (χ4v) is 2.19. The molecule has 0 aromatic carbocycles. The molecule has 2 unspecified atom stereocenters. The number of aliphatic hydroxyl groups is 1. The number of urea groups is 1. The second-order valence-electron chi connectivity index (χ2n) is 5.59. The van der Waals surface area contributed by atoms with Crippen LogP contribution in [0.3, 0.4) is 0 Å². The highest BCUT2D eigenvalue weighted by Crippen LogP contribution is 2.15. The first-order valence-corrected chi connectivity index (χ1v) is 6.85. The van der Waals surface area contributed by atoms with Gasteiger partial charge in [-0.3, -0.25) is 4.79 Å². The van der Waals surface area contributed by atoms with Crippen LogP contribution in [0.15, 0.2) is 0 Å². The number of aliphatic hydroxyl groups excluding tert-OH is 1. The molecule has 7 nitrogen and oxygen atoms in total. The number of carboxylic acids is 1. The molecule has 0 aliphatic carbocycles. The van der Waals surface area contributed by atoms with Crippen molar-refractivity contribution in [3.8, 4) is 0 Å². The van der Waals surface area contributed by atoms with Crippen LogP contribution in [0.25, 0.3) is 0 Å². The predicted molar refractivity (Wildman–Crippen MR) is 72.4 cm³/mol. The lowest BCUT2D eigenvalue weighted by molar-refractivity contribution is -0.138. The van der Waals surface area contributed by atoms with Gasteiger partial charge in [0.2, 0.25) is 0 Å². The first kappa shape index (κ1) is 16.7. The van der Waals surface area contributed by atoms with Gasteiger partial charge >= 0.3 is 12.0 Å². The Morgan fingerprint density at radius 3 is 2.60 bits per heavy atom. The summed E-state index contributed by atoms with van der Waals surface area (Å²) in [6.07, 6.45) is -0.402. The van der Waals surface area contributed by atoms with Gasteiger partial charge in [-0.15, -0.1) is 0 Å². The van der Waals surface area contributed by atoms with Crippen LogP contribution in [0.1, 0.15) is 20.8 Å². The van der Waals surface area contributed by atoms with E-state index in [-0.39, 0.29) is 37.7 Å². The molecule has 1 rings (SSSR count). The Kier molecular flexibility index (Phi) is 6.22. The normalized spacial score (nSPS) is 22.9. The molecule has 0 saturated carbocycles. The first-order valence-electron chi connectivity index (χ1n) is 6.85. The van der Waals surface area contributed by atoms with Crippen LogP contribution >= 0.6 is 0 Å². The van der Waals surface area contributed by atoms with Crippen molar-refractivity contribution < 1.29 is 24.5 Å². The van der Waals surface area contributed by atoms with Crippen LogP contribution in [0.5, 0.6) is 0 Å². The molecule has 0 bridgehead atoms. The first-order chi connectivity index (χ1) is 9.35. The molecule has 116 valence electrons. The number of hydrogen-bond donors (Lipinski definition) is 2. The molecule has 0 aromatic heterocycles. The monoisotopic (exact) mass is 288 g/mol. The molecule has 1 fully saturated rings. The Labute approximate surface area is 119 Å². The number of carbonyl (C=O) groups is 2. The maximum atomic E-state index is 12.5. The fraction of sp³-hybridized carbons (Fsp3) is 0.846. The van der Waals surface area contributed by atoms with Gasteiger partial charge in [-0.05, 0) is 12.8 Å². The van der Waals surface area contributed by atoms with E-state index >= 15 is 0 Å². The van der Waals surface area contributed by atoms with Gasteiger partial charge < -0.3 is 24.7 Å². The van der Waals surface area contributed by atoms with Gasteiger partial charge in [-0.25, -0.2) is 4.79 Å². The minimum Gasteiger partial charge on any atom is -0.480 e. The van der Waals surface area contributed by atoms with E-state index in [4.69, 9.17) is 14.9 Å². The van der Waals surface area contributed by atoms with Gasteiger partial charge in [0.15, 0.2) is 0 Å². The van der Waals surface area contributed by atoms with Gasteiger partial charge in [0, 0.05) is 6.54 Å². The van der Waals surface area contributed by atoms with Crippen LogP contribution in [-0.2, 0) is 9.53 Å². The maximum absolute atomic E-state index is 12.5. The summed E-state index contributed by atoms with van der Waals surface area (Å²) < 4.78 is 5.38. The summed E-state index contributed by atoms with van der Waals surface area (Å²) in [5, 5.41) is 18.1. The van der Waals surface area contributed by atoms with Crippen molar-refractivity contribution in [1.82, 2.24) is 9.80 Å². The zero-order valence-electron chi connectivity index (χ0n) is 12.3. The molecule has 1 heterocycles. The SMILES string of the molecule is CC(C)CN(CC(=O)O)C(=O)N1CC(CO)OCC1C. The van der Waals surface area contributed by atoms with Gasteiger partial charge in [-0.1, -0.05) is 13.8 Å². The number of nitrogens with zero attached hydrogens (tertiary/aromatic N) is 2. The quantitative estimate of drug-likeness (QED) is 0.756. The second-order valence-corrected chi connectivity index (χ2v) is 5.59. The Morgan fingerprint density at radius 2 is 2.10 bits per heavy atom. The Morgan fingerprint density at radius 1 is 1.45 bits per heavy atom. The number of rotatable bonds is 5. The lowest BCUT2D eigenvalue weighted by Gasteiger charge is -2.40. The molecule has 1 aliphatic heterocycles. The molecule has 0 spiro atoms. The molecular formula is C13H24N2O5. The van der Waals surface area contributed by atoms with E-state index in [0.717, 1.165) is 0 Å². The molecule has 1 aliphatic rings. The topological polar surface area (TPSA) is 90.3 Å². The summed E-state index contributed by atoms with van der Waals surface area (Å²) in [6.45, 7) is 6.26. The third-order valence-electron chi connectivity index (χ3n) is 3.14. The van der Waals surface area contributed by atoms with Crippen molar-refractivity contribution in [1.29, 1.82) is 0 Å². The molecule has 0 aromatic rings. The molecule has 7 heteroatoms. The van der Waals surface area contributed by atoms with E-state index in [2.05, 4.69) is 0 Å². The van der Waals surface area contributed by atoms with E-state index in [1.807, 2.05) is 20.8 Å². The number of ether oxygens (including phenoxy) is 1. The summed E-state index contributed by atoms with van der Waals surface area (Å²) in [5.41, 5.74) is 0. The van der Waals surface area contributed by atoms with Crippen LogP contribution in [0, 0.1) is 5.92 Å². The molecule has 1 saturated heterocycles. The zero-order valence-corrected chi connectivity index (χ0v) is 12.3. The molecule has 2 amide bonds. The second kappa shape index (κ2) is 7.44. The number of aliphatic carboxylic acids is 1. The highest BCUT2D eigenvalue weighted by molar-refractivity contribution is 5.80. The number of amides is 2. The molecular weight excluding hydrogens is 264 g/mol. The third kappa shape index (κ3) is 4.64. The highest BCUT2D eigenvalue weighted by atomic mass is 16.5. The smallest absolute Gasteiger partial charge is 0.323 e. The average Bonchev–Trinajstić information content (AvgIpc) is 2.36. The minimum atomic E-state index is -1.03. The van der Waals surface area contributed by atoms with Gasteiger partial charge in [0.1, 0.15) is 6.54 Å². The zero-order chi connectivity index (χ0) is 15.3. The lowest BCUT2D eigenvalue weighted by atomic mass is 10.2. The summed E-state index contributed by atoms with van der Waals surface area (Å²) in [4.78, 5) is 26.3. The van der Waals surface area contributed by atoms with Crippen LogP contribution in [0.2, 0.25) is 0 Å². The van der Waals surface area contributed by atoms with E-state index in [0.29, 0.717) is 13.2 Å². The molecule has 20 heavy (non-hydrogen) atoms. The standard InChI is InChI=1S/C13H24N2O5/c1-9(2)4-14(6-12(17)18)13(19)15-5-11(7-16)20-8-10(15)3/h9-11,16H,4-8H2,1-3H3,(H,17,18). The van der Waals surface area contributed by atoms with Gasteiger partial charge in [0.05, 0.1) is 31.9 Å². The van der Waals surface area contributed by atoms with Gasteiger partial charge in [-0.2, -0.15) is 0 Å². The van der Waals surface area contributed by atoms with Crippen molar-refractivity contribution in [3.05, 3.63) is 0 Å². The van der Waals surface area contributed by atoms with E-state index in [1.54, 1.807) is 4.90 Å². The summed E-state index contributed by atoms with van der Waals surface area (Å²) >= 11 is 0. The van der Waals surface area contributed by atoms with Crippen LogP contribution in [-0.4, -0.2) is 77.0 Å². The fourth-order valence-electron chi connectivity index (χ4n) is 2.19. The maximum Gasteiger partial charge on any atom is 0.323 e. The van der Waals surface area contributed by atoms with E-state index < -0.39 is 12.1 Å². The van der Waals surface area contributed by atoms with Crippen molar-refractivity contribution >= 4 is 12.0 Å².